The van der Waals surface area contributed by atoms with Crippen molar-refractivity contribution < 1.29 is 4.79 Å². The number of likely N-dealkylation sites (tertiary alicyclic amines) is 1. The molecule has 1 aliphatic heterocycles. The molecular weight excluding hydrogens is 138 g/mol. The first-order valence-corrected chi connectivity index (χ1v) is 4.02. The molecule has 1 saturated heterocycles. The maximum atomic E-state index is 11.4. The first-order chi connectivity index (χ1) is 5.04. The Bertz CT molecular complexity index is 196. The molecule has 1 unspecified atom stereocenters. The predicted molar refractivity (Wildman–Crippen MR) is 45.2 cm³/mol. The zero-order valence-electron chi connectivity index (χ0n) is 7.42. The predicted octanol–water partition coefficient (Wildman–Crippen LogP) is 1.43. The van der Waals surface area contributed by atoms with Crippen molar-refractivity contribution in [1.29, 1.82) is 0 Å². The van der Waals surface area contributed by atoms with Crippen molar-refractivity contribution >= 4 is 5.91 Å². The maximum absolute atomic E-state index is 11.4. The van der Waals surface area contributed by atoms with Gasteiger partial charge in [0.05, 0.1) is 5.92 Å². The Morgan fingerprint density at radius 3 is 2.36 bits per heavy atom. The molecule has 11 heavy (non-hydrogen) atoms. The lowest BCUT2D eigenvalue weighted by Gasteiger charge is -2.19. The van der Waals surface area contributed by atoms with Gasteiger partial charge in [0.2, 0.25) is 5.91 Å². The van der Waals surface area contributed by atoms with E-state index in [0.717, 1.165) is 12.1 Å². The van der Waals surface area contributed by atoms with E-state index >= 15 is 0 Å². The third-order valence-electron chi connectivity index (χ3n) is 2.26. The molecule has 0 aromatic heterocycles. The SMILES string of the molecule is C=C1CN(C(C)C)C(=O)C1C. The number of rotatable bonds is 1. The minimum absolute atomic E-state index is 0.0393. The topological polar surface area (TPSA) is 20.3 Å². The molecule has 1 amide bonds. The molecule has 0 aliphatic carbocycles. The van der Waals surface area contributed by atoms with Crippen LogP contribution in [0.4, 0.5) is 0 Å². The van der Waals surface area contributed by atoms with E-state index in [4.69, 9.17) is 0 Å². The van der Waals surface area contributed by atoms with Crippen LogP contribution in [-0.4, -0.2) is 23.4 Å². The molecule has 1 aliphatic rings. The highest BCUT2D eigenvalue weighted by molar-refractivity contribution is 5.84. The van der Waals surface area contributed by atoms with E-state index < -0.39 is 0 Å². The molecule has 2 heteroatoms. The van der Waals surface area contributed by atoms with Crippen molar-refractivity contribution in [2.75, 3.05) is 6.54 Å². The second-order valence-corrected chi connectivity index (χ2v) is 3.44. The van der Waals surface area contributed by atoms with Crippen LogP contribution in [0, 0.1) is 5.92 Å². The molecule has 0 bridgehead atoms. The number of carbonyl (C=O) groups excluding carboxylic acids is 1. The molecule has 0 spiro atoms. The van der Waals surface area contributed by atoms with Crippen LogP contribution in [0.15, 0.2) is 12.2 Å². The summed E-state index contributed by atoms with van der Waals surface area (Å²) in [7, 11) is 0. The first kappa shape index (κ1) is 8.31. The van der Waals surface area contributed by atoms with Gasteiger partial charge in [0.15, 0.2) is 0 Å². The molecule has 0 N–H and O–H groups in total. The van der Waals surface area contributed by atoms with Crippen LogP contribution in [0.25, 0.3) is 0 Å². The van der Waals surface area contributed by atoms with Crippen molar-refractivity contribution in [3.8, 4) is 0 Å². The molecule has 1 fully saturated rings. The van der Waals surface area contributed by atoms with Gasteiger partial charge in [0.25, 0.3) is 0 Å². The molecule has 0 saturated carbocycles. The molecule has 1 heterocycles. The van der Waals surface area contributed by atoms with Crippen LogP contribution in [0.1, 0.15) is 20.8 Å². The molecule has 2 nitrogen and oxygen atoms in total. The van der Waals surface area contributed by atoms with E-state index in [2.05, 4.69) is 6.58 Å². The molecule has 62 valence electrons. The average molecular weight is 153 g/mol. The highest BCUT2D eigenvalue weighted by Gasteiger charge is 2.32. The van der Waals surface area contributed by atoms with Gasteiger partial charge >= 0.3 is 0 Å². The summed E-state index contributed by atoms with van der Waals surface area (Å²) in [5, 5.41) is 0. The Balaban J connectivity index is 2.75. The van der Waals surface area contributed by atoms with Crippen molar-refractivity contribution in [2.24, 2.45) is 5.92 Å². The number of nitrogens with zero attached hydrogens (tertiary/aromatic N) is 1. The number of hydrogen-bond donors (Lipinski definition) is 0. The van der Waals surface area contributed by atoms with Crippen LogP contribution in [0.5, 0.6) is 0 Å². The van der Waals surface area contributed by atoms with Gasteiger partial charge in [0.1, 0.15) is 0 Å². The van der Waals surface area contributed by atoms with Crippen LogP contribution in [0.2, 0.25) is 0 Å². The molecule has 0 aromatic carbocycles. The third kappa shape index (κ3) is 1.30. The van der Waals surface area contributed by atoms with Crippen molar-refractivity contribution in [3.63, 3.8) is 0 Å². The molecule has 1 rings (SSSR count). The minimum atomic E-state index is 0.0393. The second-order valence-electron chi connectivity index (χ2n) is 3.44. The number of hydrogen-bond acceptors (Lipinski definition) is 1. The van der Waals surface area contributed by atoms with Gasteiger partial charge in [-0.25, -0.2) is 0 Å². The summed E-state index contributed by atoms with van der Waals surface area (Å²) in [5.41, 5.74) is 1.05. The average Bonchev–Trinajstić information content (AvgIpc) is 2.17. The Hall–Kier alpha value is -0.790. The fourth-order valence-corrected chi connectivity index (χ4v) is 1.29. The lowest BCUT2D eigenvalue weighted by molar-refractivity contribution is -0.131. The zero-order chi connectivity index (χ0) is 8.59. The lowest BCUT2D eigenvalue weighted by atomic mass is 10.1. The van der Waals surface area contributed by atoms with Crippen LogP contribution >= 0.6 is 0 Å². The maximum Gasteiger partial charge on any atom is 0.230 e. The fraction of sp³-hybridized carbons (Fsp3) is 0.667. The van der Waals surface area contributed by atoms with Crippen LogP contribution in [0.3, 0.4) is 0 Å². The smallest absolute Gasteiger partial charge is 0.230 e. The van der Waals surface area contributed by atoms with Gasteiger partial charge < -0.3 is 4.90 Å². The summed E-state index contributed by atoms with van der Waals surface area (Å²) in [6.07, 6.45) is 0. The van der Waals surface area contributed by atoms with Gasteiger partial charge in [0, 0.05) is 12.6 Å². The Morgan fingerprint density at radius 1 is 1.64 bits per heavy atom. The van der Waals surface area contributed by atoms with E-state index in [1.165, 1.54) is 0 Å². The van der Waals surface area contributed by atoms with E-state index in [1.807, 2.05) is 25.7 Å². The minimum Gasteiger partial charge on any atom is -0.336 e. The monoisotopic (exact) mass is 153 g/mol. The second kappa shape index (κ2) is 2.68. The largest absolute Gasteiger partial charge is 0.336 e. The Labute approximate surface area is 67.9 Å². The Morgan fingerprint density at radius 2 is 2.18 bits per heavy atom. The van der Waals surface area contributed by atoms with Crippen molar-refractivity contribution in [2.45, 2.75) is 26.8 Å². The van der Waals surface area contributed by atoms with Crippen LogP contribution in [-0.2, 0) is 4.79 Å². The Kier molecular flexibility index (Phi) is 2.03. The lowest BCUT2D eigenvalue weighted by Crippen LogP contribution is -2.33. The van der Waals surface area contributed by atoms with Gasteiger partial charge in [-0.05, 0) is 26.3 Å². The summed E-state index contributed by atoms with van der Waals surface area (Å²) < 4.78 is 0. The van der Waals surface area contributed by atoms with E-state index in [-0.39, 0.29) is 11.8 Å². The summed E-state index contributed by atoms with van der Waals surface area (Å²) in [6.45, 7) is 10.6. The normalized spacial score (nSPS) is 25.5. The summed E-state index contributed by atoms with van der Waals surface area (Å²) in [4.78, 5) is 13.3. The summed E-state index contributed by atoms with van der Waals surface area (Å²) in [6, 6.07) is 0.309. The fourth-order valence-electron chi connectivity index (χ4n) is 1.29. The molecule has 1 atom stereocenters. The van der Waals surface area contributed by atoms with Gasteiger partial charge in [-0.2, -0.15) is 0 Å². The quantitative estimate of drug-likeness (QED) is 0.522. The molecule has 0 radical (unpaired) electrons. The first-order valence-electron chi connectivity index (χ1n) is 4.02. The highest BCUT2D eigenvalue weighted by Crippen LogP contribution is 2.23. The summed E-state index contributed by atoms with van der Waals surface area (Å²) in [5.74, 6) is 0.266. The highest BCUT2D eigenvalue weighted by atomic mass is 16.2. The number of carbonyl (C=O) groups is 1. The van der Waals surface area contributed by atoms with Crippen LogP contribution < -0.4 is 0 Å². The van der Waals surface area contributed by atoms with E-state index in [0.29, 0.717) is 6.04 Å². The van der Waals surface area contributed by atoms with Gasteiger partial charge in [-0.1, -0.05) is 6.58 Å². The van der Waals surface area contributed by atoms with Gasteiger partial charge in [-0.15, -0.1) is 0 Å². The van der Waals surface area contributed by atoms with Crippen molar-refractivity contribution in [3.05, 3.63) is 12.2 Å². The van der Waals surface area contributed by atoms with E-state index in [1.54, 1.807) is 0 Å². The third-order valence-corrected chi connectivity index (χ3v) is 2.26. The molecular formula is C9H15NO. The summed E-state index contributed by atoms with van der Waals surface area (Å²) >= 11 is 0. The van der Waals surface area contributed by atoms with E-state index in [9.17, 15) is 4.79 Å². The van der Waals surface area contributed by atoms with Crippen molar-refractivity contribution in [1.82, 2.24) is 4.90 Å². The number of amides is 1. The molecule has 0 aromatic rings. The van der Waals surface area contributed by atoms with Gasteiger partial charge in [-0.3, -0.25) is 4.79 Å². The zero-order valence-corrected chi connectivity index (χ0v) is 7.42. The standard InChI is InChI=1S/C9H15NO/c1-6(2)10-5-7(3)8(4)9(10)11/h6,8H,3,5H2,1-2,4H3.